The average Bonchev–Trinajstić information content (AvgIpc) is 2.47. The molecule has 1 N–H and O–H groups in total. The highest BCUT2D eigenvalue weighted by molar-refractivity contribution is 6.12. The van der Waals surface area contributed by atoms with Gasteiger partial charge in [0.25, 0.3) is 0 Å². The molecule has 2 rings (SSSR count). The van der Waals surface area contributed by atoms with Crippen molar-refractivity contribution in [2.24, 2.45) is 0 Å². The van der Waals surface area contributed by atoms with Gasteiger partial charge in [-0.25, -0.2) is 0 Å². The van der Waals surface area contributed by atoms with Crippen LogP contribution in [0.2, 0.25) is 0 Å². The zero-order valence-corrected chi connectivity index (χ0v) is 7.90. The lowest BCUT2D eigenvalue weighted by atomic mass is 10.3. The maximum absolute atomic E-state index is 11.3. The van der Waals surface area contributed by atoms with Gasteiger partial charge in [-0.3, -0.25) is 15.1 Å². The number of carbonyl (C=O) groups excluding carboxylic acids is 1. The molecule has 0 radical (unpaired) electrons. The van der Waals surface area contributed by atoms with E-state index in [1.807, 2.05) is 30.3 Å². The minimum atomic E-state index is -0.0427. The first kappa shape index (κ1) is 8.74. The van der Waals surface area contributed by atoms with E-state index in [9.17, 15) is 4.79 Å². The van der Waals surface area contributed by atoms with E-state index in [1.165, 1.54) is 4.90 Å². The summed E-state index contributed by atoms with van der Waals surface area (Å²) in [4.78, 5) is 14.3. The molecular weight excluding hydrogens is 178 g/mol. The van der Waals surface area contributed by atoms with Gasteiger partial charge >= 0.3 is 0 Å². The van der Waals surface area contributed by atoms with Gasteiger partial charge in [0.15, 0.2) is 0 Å². The van der Waals surface area contributed by atoms with Gasteiger partial charge in [0.2, 0.25) is 11.9 Å². The molecule has 0 atom stereocenters. The quantitative estimate of drug-likeness (QED) is 0.713. The Labute approximate surface area is 82.3 Å². The van der Waals surface area contributed by atoms with Crippen molar-refractivity contribution >= 4 is 17.6 Å². The molecule has 0 saturated carbocycles. The molecule has 1 aliphatic rings. The van der Waals surface area contributed by atoms with Crippen molar-refractivity contribution in [1.82, 2.24) is 4.90 Å². The molecule has 0 unspecified atom stereocenters. The SMILES string of the molecule is CN1C(=N)N(c2ccccc2)CC1=O. The fraction of sp³-hybridized carbons (Fsp3) is 0.200. The molecule has 1 heterocycles. The Morgan fingerprint density at radius 2 is 1.93 bits per heavy atom. The van der Waals surface area contributed by atoms with Crippen molar-refractivity contribution < 1.29 is 4.79 Å². The van der Waals surface area contributed by atoms with Crippen LogP contribution in [0.1, 0.15) is 0 Å². The van der Waals surface area contributed by atoms with E-state index >= 15 is 0 Å². The summed E-state index contributed by atoms with van der Waals surface area (Å²) < 4.78 is 0. The number of carbonyl (C=O) groups is 1. The molecular formula is C10H11N3O. The predicted molar refractivity (Wildman–Crippen MR) is 54.3 cm³/mol. The molecule has 1 aromatic rings. The highest BCUT2D eigenvalue weighted by Gasteiger charge is 2.30. The van der Waals surface area contributed by atoms with E-state index < -0.39 is 0 Å². The number of benzene rings is 1. The van der Waals surface area contributed by atoms with Crippen molar-refractivity contribution in [2.75, 3.05) is 18.5 Å². The molecule has 14 heavy (non-hydrogen) atoms. The zero-order chi connectivity index (χ0) is 10.1. The van der Waals surface area contributed by atoms with Gasteiger partial charge in [-0.15, -0.1) is 0 Å². The Kier molecular flexibility index (Phi) is 1.96. The molecule has 0 aromatic heterocycles. The molecule has 0 bridgehead atoms. The first-order valence-electron chi connectivity index (χ1n) is 4.38. The number of hydrogen-bond acceptors (Lipinski definition) is 2. The lowest BCUT2D eigenvalue weighted by Crippen LogP contribution is -2.30. The Balaban J connectivity index is 2.30. The van der Waals surface area contributed by atoms with Crippen LogP contribution in [0.3, 0.4) is 0 Å². The Hall–Kier alpha value is -1.84. The predicted octanol–water partition coefficient (Wildman–Crippen LogP) is 0.900. The molecule has 1 fully saturated rings. The van der Waals surface area contributed by atoms with Crippen molar-refractivity contribution in [3.05, 3.63) is 30.3 Å². The number of para-hydroxylation sites is 1. The second-order valence-electron chi connectivity index (χ2n) is 3.20. The summed E-state index contributed by atoms with van der Waals surface area (Å²) in [6, 6.07) is 9.48. The lowest BCUT2D eigenvalue weighted by molar-refractivity contribution is -0.123. The van der Waals surface area contributed by atoms with Crippen LogP contribution < -0.4 is 4.90 Å². The highest BCUT2D eigenvalue weighted by Crippen LogP contribution is 2.18. The van der Waals surface area contributed by atoms with Crippen molar-refractivity contribution in [3.63, 3.8) is 0 Å². The summed E-state index contributed by atoms with van der Waals surface area (Å²) in [6.45, 7) is 0.263. The molecule has 1 saturated heterocycles. The van der Waals surface area contributed by atoms with Gasteiger partial charge in [-0.05, 0) is 12.1 Å². The summed E-state index contributed by atoms with van der Waals surface area (Å²) in [5, 5.41) is 7.71. The van der Waals surface area contributed by atoms with Crippen LogP contribution in [-0.4, -0.2) is 30.4 Å². The normalized spacial score (nSPS) is 16.6. The molecule has 0 aliphatic carbocycles. The van der Waals surface area contributed by atoms with Gasteiger partial charge in [-0.2, -0.15) is 0 Å². The summed E-state index contributed by atoms with van der Waals surface area (Å²) >= 11 is 0. The van der Waals surface area contributed by atoms with E-state index in [2.05, 4.69) is 0 Å². The number of anilines is 1. The van der Waals surface area contributed by atoms with Crippen LogP contribution in [0, 0.1) is 5.41 Å². The molecule has 0 spiro atoms. The lowest BCUT2D eigenvalue weighted by Gasteiger charge is -2.17. The van der Waals surface area contributed by atoms with Gasteiger partial charge in [0, 0.05) is 12.7 Å². The number of likely N-dealkylation sites (N-methyl/N-ethyl adjacent to an activating group) is 1. The fourth-order valence-electron chi connectivity index (χ4n) is 1.44. The monoisotopic (exact) mass is 189 g/mol. The second kappa shape index (κ2) is 3.14. The first-order valence-corrected chi connectivity index (χ1v) is 4.38. The third-order valence-corrected chi connectivity index (χ3v) is 2.31. The van der Waals surface area contributed by atoms with Crippen LogP contribution in [-0.2, 0) is 4.79 Å². The molecule has 1 aromatic carbocycles. The number of amides is 1. The fourth-order valence-corrected chi connectivity index (χ4v) is 1.44. The minimum absolute atomic E-state index is 0.0427. The Bertz CT molecular complexity index is 374. The van der Waals surface area contributed by atoms with Crippen molar-refractivity contribution in [1.29, 1.82) is 5.41 Å². The van der Waals surface area contributed by atoms with E-state index in [0.29, 0.717) is 0 Å². The number of rotatable bonds is 1. The Morgan fingerprint density at radius 3 is 2.43 bits per heavy atom. The topological polar surface area (TPSA) is 47.4 Å². The molecule has 72 valence electrons. The van der Waals surface area contributed by atoms with Crippen LogP contribution >= 0.6 is 0 Å². The smallest absolute Gasteiger partial charge is 0.249 e. The summed E-state index contributed by atoms with van der Waals surface area (Å²) in [5.41, 5.74) is 0.884. The largest absolute Gasteiger partial charge is 0.303 e. The average molecular weight is 189 g/mol. The Morgan fingerprint density at radius 1 is 1.29 bits per heavy atom. The number of guanidine groups is 1. The summed E-state index contributed by atoms with van der Waals surface area (Å²) in [6.07, 6.45) is 0. The van der Waals surface area contributed by atoms with E-state index in [0.717, 1.165) is 5.69 Å². The number of hydrogen-bond donors (Lipinski definition) is 1. The van der Waals surface area contributed by atoms with Gasteiger partial charge in [0.1, 0.15) is 6.54 Å². The summed E-state index contributed by atoms with van der Waals surface area (Å²) in [7, 11) is 1.62. The van der Waals surface area contributed by atoms with Gasteiger partial charge in [0.05, 0.1) is 0 Å². The summed E-state index contributed by atoms with van der Waals surface area (Å²) in [5.74, 6) is 0.194. The van der Waals surface area contributed by atoms with Crippen LogP contribution in [0.15, 0.2) is 30.3 Å². The molecule has 4 heteroatoms. The maximum Gasteiger partial charge on any atom is 0.249 e. The van der Waals surface area contributed by atoms with Gasteiger partial charge < -0.3 is 4.90 Å². The van der Waals surface area contributed by atoms with E-state index in [-0.39, 0.29) is 18.4 Å². The standard InChI is InChI=1S/C10H11N3O/c1-12-9(14)7-13(10(12)11)8-5-3-2-4-6-8/h2-6,11H,7H2,1H3. The van der Waals surface area contributed by atoms with Crippen molar-refractivity contribution in [2.45, 2.75) is 0 Å². The highest BCUT2D eigenvalue weighted by atomic mass is 16.2. The van der Waals surface area contributed by atoms with Crippen LogP contribution in [0.5, 0.6) is 0 Å². The maximum atomic E-state index is 11.3. The van der Waals surface area contributed by atoms with E-state index in [1.54, 1.807) is 11.9 Å². The molecule has 4 nitrogen and oxygen atoms in total. The minimum Gasteiger partial charge on any atom is -0.303 e. The van der Waals surface area contributed by atoms with Crippen LogP contribution in [0.25, 0.3) is 0 Å². The zero-order valence-electron chi connectivity index (χ0n) is 7.90. The van der Waals surface area contributed by atoms with Gasteiger partial charge in [-0.1, -0.05) is 18.2 Å². The molecule has 1 aliphatic heterocycles. The van der Waals surface area contributed by atoms with Crippen molar-refractivity contribution in [3.8, 4) is 0 Å². The number of nitrogens with one attached hydrogen (secondary N) is 1. The molecule has 1 amide bonds. The first-order chi connectivity index (χ1) is 6.70. The third-order valence-electron chi connectivity index (χ3n) is 2.31. The number of nitrogens with zero attached hydrogens (tertiary/aromatic N) is 2. The van der Waals surface area contributed by atoms with Crippen LogP contribution in [0.4, 0.5) is 5.69 Å². The third kappa shape index (κ3) is 1.25. The van der Waals surface area contributed by atoms with E-state index in [4.69, 9.17) is 5.41 Å². The second-order valence-corrected chi connectivity index (χ2v) is 3.20.